The second-order valence-corrected chi connectivity index (χ2v) is 6.84. The molecule has 1 aromatic heterocycles. The molecule has 1 aliphatic rings. The van der Waals surface area contributed by atoms with Crippen LogP contribution in [0.4, 0.5) is 5.69 Å². The maximum Gasteiger partial charge on any atom is 0.294 e. The third-order valence-corrected chi connectivity index (χ3v) is 5.60. The maximum absolute atomic E-state index is 11.0. The summed E-state index contributed by atoms with van der Waals surface area (Å²) in [6.07, 6.45) is 1.19. The third kappa shape index (κ3) is 3.23. The van der Waals surface area contributed by atoms with E-state index in [1.54, 1.807) is 18.7 Å². The van der Waals surface area contributed by atoms with Crippen molar-refractivity contribution in [3.05, 3.63) is 21.1 Å². The lowest BCUT2D eigenvalue weighted by molar-refractivity contribution is -0.387. The topological polar surface area (TPSA) is 72.6 Å². The summed E-state index contributed by atoms with van der Waals surface area (Å²) in [6, 6.07) is 1.48. The lowest BCUT2D eigenvalue weighted by Crippen LogP contribution is -2.17. The van der Waals surface area contributed by atoms with Gasteiger partial charge in [0.05, 0.1) is 11.0 Å². The van der Waals surface area contributed by atoms with Crippen molar-refractivity contribution in [2.24, 2.45) is 0 Å². The van der Waals surface area contributed by atoms with Gasteiger partial charge in [0.1, 0.15) is 4.21 Å². The molecule has 2 rings (SSSR count). The van der Waals surface area contributed by atoms with Gasteiger partial charge in [-0.25, -0.2) is 0 Å². The Balaban J connectivity index is 2.16. The summed E-state index contributed by atoms with van der Waals surface area (Å²) in [5, 5.41) is 20.9. The van der Waals surface area contributed by atoms with Gasteiger partial charge in [0.15, 0.2) is 0 Å². The Hall–Kier alpha value is -0.630. The largest absolute Gasteiger partial charge is 0.388 e. The summed E-state index contributed by atoms with van der Waals surface area (Å²) in [7, 11) is 0. The van der Waals surface area contributed by atoms with Crippen LogP contribution in [0.15, 0.2) is 10.3 Å². The van der Waals surface area contributed by atoms with Gasteiger partial charge >= 0.3 is 0 Å². The zero-order chi connectivity index (χ0) is 13.1. The first-order valence-electron chi connectivity index (χ1n) is 5.78. The highest BCUT2D eigenvalue weighted by Gasteiger charge is 2.25. The minimum Gasteiger partial charge on any atom is -0.388 e. The summed E-state index contributed by atoms with van der Waals surface area (Å²) >= 11 is 2.86. The molecule has 0 spiro atoms. The minimum atomic E-state index is -0.655. The van der Waals surface area contributed by atoms with Gasteiger partial charge in [0, 0.05) is 29.4 Å². The normalized spacial score (nSPS) is 18.8. The third-order valence-electron chi connectivity index (χ3n) is 2.75. The second-order valence-electron chi connectivity index (χ2n) is 4.18. The Labute approximate surface area is 113 Å². The Morgan fingerprint density at radius 2 is 2.28 bits per heavy atom. The van der Waals surface area contributed by atoms with Crippen molar-refractivity contribution < 1.29 is 14.8 Å². The molecule has 0 unspecified atom stereocenters. The number of nitro groups is 1. The number of aliphatic hydroxyl groups excluding tert-OH is 1. The first-order chi connectivity index (χ1) is 8.58. The standard InChI is InChI=1S/C11H15NO4S2/c1-7(13)10-6-9(12(14)15)11(18-10)17-8-2-4-16-5-3-8/h6-8,13H,2-5H2,1H3/t7-/m1/s1. The zero-order valence-corrected chi connectivity index (χ0v) is 11.6. The number of hydrogen-bond acceptors (Lipinski definition) is 6. The molecule has 2 heterocycles. The fraction of sp³-hybridized carbons (Fsp3) is 0.636. The van der Waals surface area contributed by atoms with Crippen molar-refractivity contribution in [3.63, 3.8) is 0 Å². The van der Waals surface area contributed by atoms with E-state index < -0.39 is 6.10 Å². The van der Waals surface area contributed by atoms with E-state index >= 15 is 0 Å². The molecule has 0 aromatic carbocycles. The van der Waals surface area contributed by atoms with Crippen LogP contribution >= 0.6 is 23.1 Å². The van der Waals surface area contributed by atoms with Crippen LogP contribution in [0.2, 0.25) is 0 Å². The highest BCUT2D eigenvalue weighted by molar-refractivity contribution is 8.01. The Kier molecular flexibility index (Phi) is 4.60. The van der Waals surface area contributed by atoms with E-state index in [1.807, 2.05) is 0 Å². The predicted octanol–water partition coefficient (Wildman–Crippen LogP) is 2.98. The van der Waals surface area contributed by atoms with Gasteiger partial charge in [0.25, 0.3) is 5.69 Å². The summed E-state index contributed by atoms with van der Waals surface area (Å²) in [6.45, 7) is 3.07. The van der Waals surface area contributed by atoms with E-state index in [0.717, 1.165) is 26.1 Å². The summed E-state index contributed by atoms with van der Waals surface area (Å²) in [5.41, 5.74) is 0.118. The fourth-order valence-corrected chi connectivity index (χ4v) is 4.41. The van der Waals surface area contributed by atoms with Gasteiger partial charge in [-0.3, -0.25) is 10.1 Å². The van der Waals surface area contributed by atoms with E-state index in [9.17, 15) is 15.2 Å². The summed E-state index contributed by atoms with van der Waals surface area (Å²) in [4.78, 5) is 11.3. The molecule has 100 valence electrons. The molecule has 1 N–H and O–H groups in total. The van der Waals surface area contributed by atoms with Crippen LogP contribution in [0.25, 0.3) is 0 Å². The van der Waals surface area contributed by atoms with Gasteiger partial charge in [-0.2, -0.15) is 0 Å². The van der Waals surface area contributed by atoms with E-state index in [2.05, 4.69) is 0 Å². The SMILES string of the molecule is C[C@@H](O)c1cc([N+](=O)[O-])c(SC2CCOCC2)s1. The van der Waals surface area contributed by atoms with Gasteiger partial charge in [-0.1, -0.05) is 0 Å². The van der Waals surface area contributed by atoms with E-state index in [0.29, 0.717) is 14.3 Å². The molecule has 0 bridgehead atoms. The molecule has 18 heavy (non-hydrogen) atoms. The summed E-state index contributed by atoms with van der Waals surface area (Å²) < 4.78 is 5.97. The molecular formula is C11H15NO4S2. The quantitative estimate of drug-likeness (QED) is 0.681. The van der Waals surface area contributed by atoms with Gasteiger partial charge in [0.2, 0.25) is 0 Å². The van der Waals surface area contributed by atoms with Crippen LogP contribution in [-0.2, 0) is 4.74 Å². The molecule has 0 radical (unpaired) electrons. The Morgan fingerprint density at radius 3 is 2.83 bits per heavy atom. The van der Waals surface area contributed by atoms with E-state index in [-0.39, 0.29) is 10.6 Å². The van der Waals surface area contributed by atoms with Gasteiger partial charge in [-0.15, -0.1) is 23.1 Å². The van der Waals surface area contributed by atoms with Crippen molar-refractivity contribution in [2.45, 2.75) is 35.3 Å². The van der Waals surface area contributed by atoms with Crippen LogP contribution < -0.4 is 0 Å². The van der Waals surface area contributed by atoms with Crippen molar-refractivity contribution in [1.29, 1.82) is 0 Å². The summed E-state index contributed by atoms with van der Waals surface area (Å²) in [5.74, 6) is 0. The highest BCUT2D eigenvalue weighted by atomic mass is 32.2. The Bertz CT molecular complexity index is 427. The van der Waals surface area contributed by atoms with Crippen molar-refractivity contribution in [1.82, 2.24) is 0 Å². The van der Waals surface area contributed by atoms with Crippen molar-refractivity contribution in [3.8, 4) is 0 Å². The molecule has 0 saturated carbocycles. The molecule has 1 fully saturated rings. The lowest BCUT2D eigenvalue weighted by Gasteiger charge is -2.20. The van der Waals surface area contributed by atoms with Gasteiger partial charge in [-0.05, 0) is 19.8 Å². The molecule has 0 aliphatic carbocycles. The second kappa shape index (κ2) is 6.01. The average molecular weight is 289 g/mol. The van der Waals surface area contributed by atoms with Crippen LogP contribution in [0.1, 0.15) is 30.7 Å². The van der Waals surface area contributed by atoms with E-state index in [1.165, 1.54) is 17.4 Å². The molecular weight excluding hydrogens is 274 g/mol. The molecule has 5 nitrogen and oxygen atoms in total. The van der Waals surface area contributed by atoms with Crippen molar-refractivity contribution in [2.75, 3.05) is 13.2 Å². The number of nitrogens with zero attached hydrogens (tertiary/aromatic N) is 1. The number of rotatable bonds is 4. The monoisotopic (exact) mass is 289 g/mol. The van der Waals surface area contributed by atoms with Gasteiger partial charge < -0.3 is 9.84 Å². The number of aliphatic hydroxyl groups is 1. The number of hydrogen-bond donors (Lipinski definition) is 1. The minimum absolute atomic E-state index is 0.118. The average Bonchev–Trinajstić information content (AvgIpc) is 2.74. The fourth-order valence-electron chi connectivity index (χ4n) is 1.75. The van der Waals surface area contributed by atoms with Crippen LogP contribution in [0.3, 0.4) is 0 Å². The van der Waals surface area contributed by atoms with Crippen LogP contribution in [0, 0.1) is 10.1 Å². The highest BCUT2D eigenvalue weighted by Crippen LogP contribution is 2.43. The zero-order valence-electron chi connectivity index (χ0n) is 10.00. The number of ether oxygens (including phenoxy) is 1. The number of thioether (sulfide) groups is 1. The first-order valence-corrected chi connectivity index (χ1v) is 7.48. The molecule has 1 aromatic rings. The van der Waals surface area contributed by atoms with Crippen molar-refractivity contribution >= 4 is 28.8 Å². The molecule has 7 heteroatoms. The predicted molar refractivity (Wildman–Crippen MR) is 71.3 cm³/mol. The number of thiophene rings is 1. The smallest absolute Gasteiger partial charge is 0.294 e. The van der Waals surface area contributed by atoms with E-state index in [4.69, 9.17) is 4.74 Å². The van der Waals surface area contributed by atoms with Crippen LogP contribution in [0.5, 0.6) is 0 Å². The molecule has 1 saturated heterocycles. The molecule has 1 atom stereocenters. The van der Waals surface area contributed by atoms with Crippen LogP contribution in [-0.4, -0.2) is 28.5 Å². The Morgan fingerprint density at radius 1 is 1.61 bits per heavy atom. The first kappa shape index (κ1) is 13.8. The molecule has 0 amide bonds. The molecule has 1 aliphatic heterocycles. The maximum atomic E-state index is 11.0. The lowest BCUT2D eigenvalue weighted by atomic mass is 10.2.